The highest BCUT2D eigenvalue weighted by Crippen LogP contribution is 2.42. The van der Waals surface area contributed by atoms with Gasteiger partial charge in [0.25, 0.3) is 0 Å². The second-order valence-corrected chi connectivity index (χ2v) is 6.95. The molecule has 4 rings (SSSR count). The Morgan fingerprint density at radius 3 is 1.85 bits per heavy atom. The molecule has 0 saturated heterocycles. The number of carbonyl (C=O) groups is 1. The van der Waals surface area contributed by atoms with Crippen molar-refractivity contribution >= 4 is 18.5 Å². The van der Waals surface area contributed by atoms with Crippen molar-refractivity contribution in [3.8, 4) is 0 Å². The van der Waals surface area contributed by atoms with Crippen LogP contribution in [0.25, 0.3) is 0 Å². The first-order valence-corrected chi connectivity index (χ1v) is 9.53. The Balaban J connectivity index is 2.10. The number of aryl methyl sites for hydroxylation is 2. The molecule has 26 heavy (non-hydrogen) atoms. The van der Waals surface area contributed by atoms with Crippen LogP contribution in [0.15, 0.2) is 78.9 Å². The highest BCUT2D eigenvalue weighted by molar-refractivity contribution is 7.81. The molecule has 1 amide bonds. The van der Waals surface area contributed by atoms with Crippen molar-refractivity contribution in [2.75, 3.05) is 5.75 Å². The Kier molecular flexibility index (Phi) is 4.56. The van der Waals surface area contributed by atoms with Gasteiger partial charge >= 0.3 is 0 Å². The number of carbonyl (C=O) groups excluding carboxylic acids is 1. The van der Waals surface area contributed by atoms with E-state index in [-0.39, 0.29) is 11.7 Å². The minimum atomic E-state index is -0.704. The van der Waals surface area contributed by atoms with Gasteiger partial charge in [-0.15, -0.1) is 0 Å². The molecule has 130 valence electrons. The van der Waals surface area contributed by atoms with Crippen LogP contribution < -0.4 is 5.32 Å². The third kappa shape index (κ3) is 2.73. The molecule has 0 aromatic heterocycles. The van der Waals surface area contributed by atoms with E-state index in [4.69, 9.17) is 0 Å². The standard InChI is InChI=1S/C23H21NOS/c25-22(16-26)24-23(19-10-2-1-3-11-19)20-12-6-4-8-17(20)14-15-18-9-5-7-13-21(18)23/h1-13,26H,14-16H2,(H,24,25). The van der Waals surface area contributed by atoms with Gasteiger partial charge in [0, 0.05) is 0 Å². The van der Waals surface area contributed by atoms with Gasteiger partial charge in [-0.2, -0.15) is 12.6 Å². The third-order valence-corrected chi connectivity index (χ3v) is 5.47. The topological polar surface area (TPSA) is 29.1 Å². The summed E-state index contributed by atoms with van der Waals surface area (Å²) >= 11 is 4.22. The Labute approximate surface area is 159 Å². The SMILES string of the molecule is O=C(CS)NC1(c2ccccc2)c2ccccc2CCc2ccccc21. The average molecular weight is 359 g/mol. The fraction of sp³-hybridized carbons (Fsp3) is 0.174. The molecule has 0 aliphatic heterocycles. The van der Waals surface area contributed by atoms with Gasteiger partial charge in [0.15, 0.2) is 0 Å². The smallest absolute Gasteiger partial charge is 0.230 e. The lowest BCUT2D eigenvalue weighted by molar-refractivity contribution is -0.119. The predicted molar refractivity (Wildman–Crippen MR) is 109 cm³/mol. The van der Waals surface area contributed by atoms with E-state index < -0.39 is 5.54 Å². The summed E-state index contributed by atoms with van der Waals surface area (Å²) in [5, 5.41) is 3.34. The first-order valence-electron chi connectivity index (χ1n) is 8.90. The van der Waals surface area contributed by atoms with Crippen LogP contribution >= 0.6 is 12.6 Å². The van der Waals surface area contributed by atoms with Gasteiger partial charge in [0.05, 0.1) is 5.75 Å². The van der Waals surface area contributed by atoms with E-state index in [1.807, 2.05) is 18.2 Å². The molecule has 0 unspecified atom stereocenters. The van der Waals surface area contributed by atoms with Crippen molar-refractivity contribution in [3.05, 3.63) is 107 Å². The van der Waals surface area contributed by atoms with Gasteiger partial charge in [-0.25, -0.2) is 0 Å². The molecule has 0 heterocycles. The van der Waals surface area contributed by atoms with Crippen LogP contribution in [0.4, 0.5) is 0 Å². The molecule has 1 aliphatic carbocycles. The van der Waals surface area contributed by atoms with Gasteiger partial charge in [-0.05, 0) is 40.7 Å². The molecule has 0 radical (unpaired) electrons. The van der Waals surface area contributed by atoms with E-state index in [9.17, 15) is 4.79 Å². The van der Waals surface area contributed by atoms with Crippen LogP contribution in [-0.4, -0.2) is 11.7 Å². The first kappa shape index (κ1) is 16.9. The average Bonchev–Trinajstić information content (AvgIpc) is 2.85. The lowest BCUT2D eigenvalue weighted by atomic mass is 9.75. The fourth-order valence-corrected chi connectivity index (χ4v) is 4.16. The fourth-order valence-electron chi connectivity index (χ4n) is 4.08. The van der Waals surface area contributed by atoms with Crippen molar-refractivity contribution < 1.29 is 4.79 Å². The van der Waals surface area contributed by atoms with Crippen LogP contribution in [0.2, 0.25) is 0 Å². The molecule has 2 nitrogen and oxygen atoms in total. The number of nitrogens with one attached hydrogen (secondary N) is 1. The predicted octanol–water partition coefficient (Wildman–Crippen LogP) is 4.12. The molecule has 1 N–H and O–H groups in total. The van der Waals surface area contributed by atoms with Gasteiger partial charge < -0.3 is 5.32 Å². The Bertz CT molecular complexity index is 888. The van der Waals surface area contributed by atoms with Crippen LogP contribution in [0.3, 0.4) is 0 Å². The number of thiol groups is 1. The third-order valence-electron chi connectivity index (χ3n) is 5.18. The zero-order valence-corrected chi connectivity index (χ0v) is 15.4. The molecule has 0 spiro atoms. The maximum atomic E-state index is 12.6. The van der Waals surface area contributed by atoms with Crippen molar-refractivity contribution in [2.45, 2.75) is 18.4 Å². The zero-order valence-electron chi connectivity index (χ0n) is 14.5. The second kappa shape index (κ2) is 7.00. The molecule has 0 saturated carbocycles. The summed E-state index contributed by atoms with van der Waals surface area (Å²) < 4.78 is 0. The number of rotatable bonds is 3. The largest absolute Gasteiger partial charge is 0.338 e. The van der Waals surface area contributed by atoms with Gasteiger partial charge in [-0.1, -0.05) is 78.9 Å². The van der Waals surface area contributed by atoms with Gasteiger partial charge in [0.1, 0.15) is 5.54 Å². The quantitative estimate of drug-likeness (QED) is 0.677. The zero-order chi connectivity index (χ0) is 18.0. The summed E-state index contributed by atoms with van der Waals surface area (Å²) in [6, 6.07) is 27.1. The molecule has 3 heteroatoms. The van der Waals surface area contributed by atoms with Crippen molar-refractivity contribution in [3.63, 3.8) is 0 Å². The highest BCUT2D eigenvalue weighted by Gasteiger charge is 2.41. The van der Waals surface area contributed by atoms with E-state index in [2.05, 4.69) is 78.6 Å². The van der Waals surface area contributed by atoms with Crippen molar-refractivity contribution in [1.82, 2.24) is 5.32 Å². The number of amides is 1. The molecule has 0 fully saturated rings. The van der Waals surface area contributed by atoms with Crippen LogP contribution in [0.1, 0.15) is 27.8 Å². The summed E-state index contributed by atoms with van der Waals surface area (Å²) in [5.74, 6) is 0.0718. The first-order chi connectivity index (χ1) is 12.8. The van der Waals surface area contributed by atoms with Crippen LogP contribution in [0, 0.1) is 0 Å². The Hall–Kier alpha value is -2.52. The summed E-state index contributed by atoms with van der Waals surface area (Å²) in [4.78, 5) is 12.6. The Morgan fingerprint density at radius 2 is 1.31 bits per heavy atom. The van der Waals surface area contributed by atoms with E-state index in [0.717, 1.165) is 29.5 Å². The molecule has 1 aliphatic rings. The van der Waals surface area contributed by atoms with E-state index in [1.165, 1.54) is 11.1 Å². The molecule has 0 bridgehead atoms. The minimum absolute atomic E-state index is 0.0799. The monoisotopic (exact) mass is 359 g/mol. The van der Waals surface area contributed by atoms with Gasteiger partial charge in [-0.3, -0.25) is 4.79 Å². The number of fused-ring (bicyclic) bond motifs is 2. The number of benzene rings is 3. The van der Waals surface area contributed by atoms with E-state index in [0.29, 0.717) is 0 Å². The summed E-state index contributed by atoms with van der Waals surface area (Å²) in [6.07, 6.45) is 1.91. The second-order valence-electron chi connectivity index (χ2n) is 6.64. The highest BCUT2D eigenvalue weighted by atomic mass is 32.1. The molecule has 3 aromatic carbocycles. The normalized spacial score (nSPS) is 14.7. The van der Waals surface area contributed by atoms with Gasteiger partial charge in [0.2, 0.25) is 5.91 Å². The summed E-state index contributed by atoms with van der Waals surface area (Å²) in [7, 11) is 0. The van der Waals surface area contributed by atoms with Crippen LogP contribution in [0.5, 0.6) is 0 Å². The molecular weight excluding hydrogens is 338 g/mol. The Morgan fingerprint density at radius 1 is 0.808 bits per heavy atom. The molecule has 3 aromatic rings. The van der Waals surface area contributed by atoms with Crippen molar-refractivity contribution in [1.29, 1.82) is 0 Å². The number of hydrogen-bond acceptors (Lipinski definition) is 2. The minimum Gasteiger partial charge on any atom is -0.338 e. The lowest BCUT2D eigenvalue weighted by Crippen LogP contribution is -2.49. The van der Waals surface area contributed by atoms with Crippen LogP contribution in [-0.2, 0) is 23.2 Å². The van der Waals surface area contributed by atoms with E-state index in [1.54, 1.807) is 0 Å². The summed E-state index contributed by atoms with van der Waals surface area (Å²) in [5.41, 5.74) is 5.19. The molecule has 0 atom stereocenters. The summed E-state index contributed by atoms with van der Waals surface area (Å²) in [6.45, 7) is 0. The van der Waals surface area contributed by atoms with Crippen molar-refractivity contribution in [2.24, 2.45) is 0 Å². The van der Waals surface area contributed by atoms with E-state index >= 15 is 0 Å². The maximum absolute atomic E-state index is 12.6. The molecular formula is C23H21NOS. The number of hydrogen-bond donors (Lipinski definition) is 2. The maximum Gasteiger partial charge on any atom is 0.230 e. The lowest BCUT2D eigenvalue weighted by Gasteiger charge is -2.38.